The van der Waals surface area contributed by atoms with Crippen LogP contribution in [0.3, 0.4) is 0 Å². The van der Waals surface area contributed by atoms with Crippen molar-refractivity contribution >= 4 is 11.6 Å². The minimum atomic E-state index is -0.504. The lowest BCUT2D eigenvalue weighted by molar-refractivity contribution is 0.00328. The number of aliphatic hydroxyl groups is 1. The SMILES string of the molecule is CCc1cc(Cl)cc2c1OCC(O)C2N(CC)CC. The third-order valence-electron chi connectivity index (χ3n) is 3.83. The van der Waals surface area contributed by atoms with Gasteiger partial charge in [0.1, 0.15) is 18.5 Å². The van der Waals surface area contributed by atoms with Crippen LogP contribution in [0.25, 0.3) is 0 Å². The zero-order valence-corrected chi connectivity index (χ0v) is 12.6. The summed E-state index contributed by atoms with van der Waals surface area (Å²) in [5.41, 5.74) is 2.14. The maximum absolute atomic E-state index is 10.3. The number of rotatable bonds is 4. The van der Waals surface area contributed by atoms with Crippen LogP contribution in [0.5, 0.6) is 5.75 Å². The van der Waals surface area contributed by atoms with Crippen molar-refractivity contribution in [2.45, 2.75) is 39.3 Å². The van der Waals surface area contributed by atoms with Crippen LogP contribution in [0.4, 0.5) is 0 Å². The van der Waals surface area contributed by atoms with E-state index in [1.54, 1.807) is 0 Å². The third-order valence-corrected chi connectivity index (χ3v) is 4.05. The topological polar surface area (TPSA) is 32.7 Å². The van der Waals surface area contributed by atoms with Crippen LogP contribution >= 0.6 is 11.6 Å². The first-order valence-electron chi connectivity index (χ1n) is 6.99. The molecule has 0 fully saturated rings. The van der Waals surface area contributed by atoms with Gasteiger partial charge in [-0.05, 0) is 37.2 Å². The van der Waals surface area contributed by atoms with Crippen molar-refractivity contribution < 1.29 is 9.84 Å². The van der Waals surface area contributed by atoms with Crippen LogP contribution in [0.15, 0.2) is 12.1 Å². The number of ether oxygens (including phenoxy) is 1. The van der Waals surface area contributed by atoms with Gasteiger partial charge in [-0.25, -0.2) is 0 Å². The summed E-state index contributed by atoms with van der Waals surface area (Å²) in [7, 11) is 0. The van der Waals surface area contributed by atoms with Crippen LogP contribution in [0, 0.1) is 0 Å². The van der Waals surface area contributed by atoms with Gasteiger partial charge in [0.05, 0.1) is 6.04 Å². The number of hydrogen-bond donors (Lipinski definition) is 1. The zero-order valence-electron chi connectivity index (χ0n) is 11.8. The smallest absolute Gasteiger partial charge is 0.127 e. The third kappa shape index (κ3) is 2.73. The molecular weight excluding hydrogens is 262 g/mol. The fourth-order valence-electron chi connectivity index (χ4n) is 2.86. The Balaban J connectivity index is 2.51. The van der Waals surface area contributed by atoms with E-state index in [1.165, 1.54) is 0 Å². The molecule has 1 aliphatic rings. The van der Waals surface area contributed by atoms with E-state index in [1.807, 2.05) is 12.1 Å². The first-order chi connectivity index (χ1) is 9.12. The Morgan fingerprint density at radius 2 is 2.00 bits per heavy atom. The summed E-state index contributed by atoms with van der Waals surface area (Å²) >= 11 is 6.21. The summed E-state index contributed by atoms with van der Waals surface area (Å²) in [5, 5.41) is 11.0. The van der Waals surface area contributed by atoms with Gasteiger partial charge in [-0.1, -0.05) is 32.4 Å². The molecule has 0 amide bonds. The Morgan fingerprint density at radius 3 is 2.58 bits per heavy atom. The molecule has 0 spiro atoms. The largest absolute Gasteiger partial charge is 0.490 e. The molecule has 19 heavy (non-hydrogen) atoms. The summed E-state index contributed by atoms with van der Waals surface area (Å²) in [6, 6.07) is 3.86. The van der Waals surface area contributed by atoms with Crippen LogP contribution < -0.4 is 4.74 Å². The first kappa shape index (κ1) is 14.6. The van der Waals surface area contributed by atoms with Gasteiger partial charge in [0.2, 0.25) is 0 Å². The molecule has 0 radical (unpaired) electrons. The Bertz CT molecular complexity index is 446. The average Bonchev–Trinajstić information content (AvgIpc) is 2.41. The molecule has 0 saturated carbocycles. The van der Waals surface area contributed by atoms with Crippen molar-refractivity contribution in [1.82, 2.24) is 4.90 Å². The molecule has 1 N–H and O–H groups in total. The average molecular weight is 284 g/mol. The van der Waals surface area contributed by atoms with Gasteiger partial charge in [0, 0.05) is 10.6 Å². The van der Waals surface area contributed by atoms with Crippen molar-refractivity contribution in [3.63, 3.8) is 0 Å². The quantitative estimate of drug-likeness (QED) is 0.922. The maximum atomic E-state index is 10.3. The van der Waals surface area contributed by atoms with Gasteiger partial charge in [-0.2, -0.15) is 0 Å². The normalized spacial score (nSPS) is 22.2. The molecule has 1 aromatic carbocycles. The highest BCUT2D eigenvalue weighted by molar-refractivity contribution is 6.30. The fraction of sp³-hybridized carbons (Fsp3) is 0.600. The van der Waals surface area contributed by atoms with E-state index >= 15 is 0 Å². The molecule has 1 aromatic rings. The van der Waals surface area contributed by atoms with Gasteiger partial charge in [-0.15, -0.1) is 0 Å². The molecule has 0 aromatic heterocycles. The maximum Gasteiger partial charge on any atom is 0.127 e. The second-order valence-electron chi connectivity index (χ2n) is 4.88. The van der Waals surface area contributed by atoms with Crippen molar-refractivity contribution in [2.24, 2.45) is 0 Å². The van der Waals surface area contributed by atoms with E-state index in [0.29, 0.717) is 11.6 Å². The Hall–Kier alpha value is -0.770. The van der Waals surface area contributed by atoms with E-state index in [-0.39, 0.29) is 6.04 Å². The van der Waals surface area contributed by atoms with Crippen LogP contribution in [0.2, 0.25) is 5.02 Å². The summed E-state index contributed by atoms with van der Waals surface area (Å²) in [4.78, 5) is 2.25. The zero-order chi connectivity index (χ0) is 14.0. The van der Waals surface area contributed by atoms with Crippen LogP contribution in [-0.4, -0.2) is 35.8 Å². The number of aliphatic hydroxyl groups excluding tert-OH is 1. The number of likely N-dealkylation sites (N-methyl/N-ethyl adjacent to an activating group) is 1. The van der Waals surface area contributed by atoms with E-state index in [0.717, 1.165) is 36.4 Å². The first-order valence-corrected chi connectivity index (χ1v) is 7.37. The highest BCUT2D eigenvalue weighted by Crippen LogP contribution is 2.40. The van der Waals surface area contributed by atoms with E-state index in [4.69, 9.17) is 16.3 Å². The number of fused-ring (bicyclic) bond motifs is 1. The summed E-state index contributed by atoms with van der Waals surface area (Å²) in [6.45, 7) is 8.44. The summed E-state index contributed by atoms with van der Waals surface area (Å²) in [5.74, 6) is 0.911. The van der Waals surface area contributed by atoms with Crippen molar-refractivity contribution in [2.75, 3.05) is 19.7 Å². The van der Waals surface area contributed by atoms with Crippen molar-refractivity contribution in [3.8, 4) is 5.75 Å². The molecule has 0 aliphatic carbocycles. The highest BCUT2D eigenvalue weighted by atomic mass is 35.5. The van der Waals surface area contributed by atoms with Crippen molar-refractivity contribution in [1.29, 1.82) is 0 Å². The Labute approximate surface area is 120 Å². The molecule has 4 heteroatoms. The Morgan fingerprint density at radius 1 is 1.32 bits per heavy atom. The number of benzene rings is 1. The van der Waals surface area contributed by atoms with Crippen molar-refractivity contribution in [3.05, 3.63) is 28.3 Å². The van der Waals surface area contributed by atoms with Gasteiger partial charge in [-0.3, -0.25) is 4.90 Å². The lowest BCUT2D eigenvalue weighted by Crippen LogP contribution is -2.42. The van der Waals surface area contributed by atoms with E-state index < -0.39 is 6.10 Å². The lowest BCUT2D eigenvalue weighted by atomic mass is 9.93. The summed E-state index contributed by atoms with van der Waals surface area (Å²) < 4.78 is 5.75. The molecule has 2 rings (SSSR count). The Kier molecular flexibility index (Phi) is 4.71. The number of aryl methyl sites for hydroxylation is 1. The molecule has 0 bridgehead atoms. The molecule has 1 heterocycles. The summed E-state index contributed by atoms with van der Waals surface area (Å²) in [6.07, 6.45) is 0.375. The predicted octanol–water partition coefficient (Wildman–Crippen LogP) is 3.04. The number of nitrogens with zero attached hydrogens (tertiary/aromatic N) is 1. The predicted molar refractivity (Wildman–Crippen MR) is 78.0 cm³/mol. The molecule has 2 atom stereocenters. The molecule has 3 nitrogen and oxygen atoms in total. The molecule has 1 aliphatic heterocycles. The van der Waals surface area contributed by atoms with Gasteiger partial charge < -0.3 is 9.84 Å². The number of halogens is 1. The van der Waals surface area contributed by atoms with E-state index in [2.05, 4.69) is 25.7 Å². The van der Waals surface area contributed by atoms with Crippen LogP contribution in [-0.2, 0) is 6.42 Å². The standard InChI is InChI=1S/C15H22ClNO2/c1-4-10-7-11(16)8-12-14(17(5-2)6-3)13(18)9-19-15(10)12/h7-8,13-14,18H,4-6,9H2,1-3H3. The minimum absolute atomic E-state index is 0.0252. The molecule has 0 saturated heterocycles. The minimum Gasteiger partial charge on any atom is -0.490 e. The van der Waals surface area contributed by atoms with Gasteiger partial charge in [0.25, 0.3) is 0 Å². The highest BCUT2D eigenvalue weighted by Gasteiger charge is 2.34. The molecular formula is C15H22ClNO2. The van der Waals surface area contributed by atoms with E-state index in [9.17, 15) is 5.11 Å². The number of hydrogen-bond acceptors (Lipinski definition) is 3. The van der Waals surface area contributed by atoms with Gasteiger partial charge >= 0.3 is 0 Å². The lowest BCUT2D eigenvalue weighted by Gasteiger charge is -2.38. The molecule has 2 unspecified atom stereocenters. The second kappa shape index (κ2) is 6.12. The van der Waals surface area contributed by atoms with Gasteiger partial charge in [0.15, 0.2) is 0 Å². The van der Waals surface area contributed by atoms with Crippen LogP contribution in [0.1, 0.15) is 37.9 Å². The monoisotopic (exact) mass is 283 g/mol. The molecule has 106 valence electrons. The second-order valence-corrected chi connectivity index (χ2v) is 5.32. The fourth-order valence-corrected chi connectivity index (χ4v) is 3.10.